The number of pyridine rings is 2. The fourth-order valence-corrected chi connectivity index (χ4v) is 5.01. The average Bonchev–Trinajstić information content (AvgIpc) is 3.49. The van der Waals surface area contributed by atoms with Crippen LogP contribution in [0.25, 0.3) is 33.2 Å². The molecule has 0 fully saturated rings. The van der Waals surface area contributed by atoms with Gasteiger partial charge < -0.3 is 9.09 Å². The Morgan fingerprint density at radius 2 is 1.70 bits per heavy atom. The van der Waals surface area contributed by atoms with Crippen LogP contribution in [0.15, 0.2) is 102 Å². The second-order valence-electron chi connectivity index (χ2n) is 8.99. The highest BCUT2D eigenvalue weighted by Crippen LogP contribution is 2.39. The zero-order valence-corrected chi connectivity index (χ0v) is 20.5. The van der Waals surface area contributed by atoms with Crippen molar-refractivity contribution in [1.82, 2.24) is 19.7 Å². The minimum atomic E-state index is -0.148. The minimum absolute atomic E-state index is 0.148. The van der Waals surface area contributed by atoms with Crippen molar-refractivity contribution in [3.05, 3.63) is 126 Å². The molecule has 178 valence electrons. The van der Waals surface area contributed by atoms with Crippen molar-refractivity contribution in [1.29, 1.82) is 5.26 Å². The SMILES string of the molecule is Cc1noc(C)c1-c1ccc2c(-c3ccc(C#N)nc3)cn([C@H](c3ccccc3)c3ccccn3)c2c1. The molecular formula is C31H23N5O. The lowest BCUT2D eigenvalue weighted by Crippen LogP contribution is -2.12. The van der Waals surface area contributed by atoms with E-state index in [0.29, 0.717) is 5.69 Å². The first kappa shape index (κ1) is 22.4. The zero-order chi connectivity index (χ0) is 25.4. The Hall–Kier alpha value is -5.02. The van der Waals surface area contributed by atoms with E-state index in [2.05, 4.69) is 75.5 Å². The van der Waals surface area contributed by atoms with Gasteiger partial charge in [-0.3, -0.25) is 4.98 Å². The summed E-state index contributed by atoms with van der Waals surface area (Å²) in [5.74, 6) is 0.788. The molecule has 0 saturated heterocycles. The van der Waals surface area contributed by atoms with E-state index in [0.717, 1.165) is 55.9 Å². The summed E-state index contributed by atoms with van der Waals surface area (Å²) in [5.41, 5.74) is 8.40. The van der Waals surface area contributed by atoms with Gasteiger partial charge in [-0.15, -0.1) is 0 Å². The molecule has 0 saturated carbocycles. The molecule has 6 aromatic rings. The van der Waals surface area contributed by atoms with Gasteiger partial charge in [0.1, 0.15) is 23.6 Å². The van der Waals surface area contributed by atoms with E-state index in [1.54, 1.807) is 12.3 Å². The molecule has 0 aliphatic heterocycles. The maximum absolute atomic E-state index is 9.23. The number of aromatic nitrogens is 4. The van der Waals surface area contributed by atoms with Crippen molar-refractivity contribution in [2.75, 3.05) is 0 Å². The van der Waals surface area contributed by atoms with Crippen molar-refractivity contribution in [3.8, 4) is 28.3 Å². The first-order valence-corrected chi connectivity index (χ1v) is 12.0. The minimum Gasteiger partial charge on any atom is -0.361 e. The van der Waals surface area contributed by atoms with Crippen molar-refractivity contribution >= 4 is 10.9 Å². The number of fused-ring (bicyclic) bond motifs is 1. The van der Waals surface area contributed by atoms with Crippen LogP contribution >= 0.6 is 0 Å². The van der Waals surface area contributed by atoms with E-state index in [1.807, 2.05) is 44.3 Å². The van der Waals surface area contributed by atoms with Gasteiger partial charge in [0.05, 0.1) is 16.9 Å². The maximum atomic E-state index is 9.23. The number of aryl methyl sites for hydroxylation is 2. The Balaban J connectivity index is 1.65. The Morgan fingerprint density at radius 3 is 2.38 bits per heavy atom. The predicted octanol–water partition coefficient (Wildman–Crippen LogP) is 6.88. The molecule has 0 bridgehead atoms. The molecule has 0 aliphatic rings. The number of benzene rings is 2. The molecular weight excluding hydrogens is 458 g/mol. The second kappa shape index (κ2) is 9.21. The Morgan fingerprint density at radius 1 is 0.892 bits per heavy atom. The molecule has 2 aromatic carbocycles. The molecule has 37 heavy (non-hydrogen) atoms. The van der Waals surface area contributed by atoms with Crippen LogP contribution in [-0.2, 0) is 0 Å². The topological polar surface area (TPSA) is 80.5 Å². The van der Waals surface area contributed by atoms with Gasteiger partial charge in [0.15, 0.2) is 0 Å². The molecule has 4 heterocycles. The van der Waals surface area contributed by atoms with Crippen LogP contribution in [0.3, 0.4) is 0 Å². The monoisotopic (exact) mass is 481 g/mol. The molecule has 6 nitrogen and oxygen atoms in total. The maximum Gasteiger partial charge on any atom is 0.141 e. The lowest BCUT2D eigenvalue weighted by Gasteiger charge is -2.21. The Bertz CT molecular complexity index is 1680. The zero-order valence-electron chi connectivity index (χ0n) is 20.5. The summed E-state index contributed by atoms with van der Waals surface area (Å²) in [6.45, 7) is 3.90. The fraction of sp³-hybridized carbons (Fsp3) is 0.0968. The van der Waals surface area contributed by atoms with Crippen LogP contribution in [0, 0.1) is 25.2 Å². The predicted molar refractivity (Wildman–Crippen MR) is 143 cm³/mol. The van der Waals surface area contributed by atoms with E-state index in [1.165, 1.54) is 0 Å². The first-order chi connectivity index (χ1) is 18.1. The first-order valence-electron chi connectivity index (χ1n) is 12.0. The highest BCUT2D eigenvalue weighted by Gasteiger charge is 2.23. The van der Waals surface area contributed by atoms with Crippen molar-refractivity contribution in [3.63, 3.8) is 0 Å². The molecule has 0 spiro atoms. The average molecular weight is 482 g/mol. The quantitative estimate of drug-likeness (QED) is 0.268. The smallest absolute Gasteiger partial charge is 0.141 e. The standard InChI is InChI=1S/C31H23N5O/c1-20-30(21(2)37-35-20)23-12-14-26-27(24-11-13-25(17-32)34-18-24)19-36(29(26)16-23)31(22-8-4-3-5-9-22)28-10-6-7-15-33-28/h3-16,18-19,31H,1-2H3/t31-/m1/s1. The van der Waals surface area contributed by atoms with Gasteiger partial charge >= 0.3 is 0 Å². The Labute approximate surface area is 214 Å². The number of rotatable bonds is 5. The van der Waals surface area contributed by atoms with Crippen LogP contribution in [0.1, 0.15) is 34.4 Å². The molecule has 0 aliphatic carbocycles. The molecule has 0 N–H and O–H groups in total. The van der Waals surface area contributed by atoms with Gasteiger partial charge in [-0.2, -0.15) is 5.26 Å². The molecule has 6 heteroatoms. The van der Waals surface area contributed by atoms with Gasteiger partial charge in [-0.05, 0) is 55.3 Å². The van der Waals surface area contributed by atoms with Crippen LogP contribution in [-0.4, -0.2) is 19.7 Å². The van der Waals surface area contributed by atoms with Gasteiger partial charge in [-0.1, -0.05) is 53.7 Å². The summed E-state index contributed by atoms with van der Waals surface area (Å²) in [6.07, 6.45) is 5.76. The van der Waals surface area contributed by atoms with Crippen LogP contribution < -0.4 is 0 Å². The number of nitriles is 1. The van der Waals surface area contributed by atoms with Gasteiger partial charge in [0.2, 0.25) is 0 Å². The van der Waals surface area contributed by atoms with E-state index in [4.69, 9.17) is 9.51 Å². The van der Waals surface area contributed by atoms with E-state index < -0.39 is 0 Å². The fourth-order valence-electron chi connectivity index (χ4n) is 5.01. The molecule has 4 aromatic heterocycles. The summed E-state index contributed by atoms with van der Waals surface area (Å²) >= 11 is 0. The lowest BCUT2D eigenvalue weighted by molar-refractivity contribution is 0.393. The van der Waals surface area contributed by atoms with E-state index >= 15 is 0 Å². The molecule has 0 radical (unpaired) electrons. The van der Waals surface area contributed by atoms with Gasteiger partial charge in [-0.25, -0.2) is 4.98 Å². The van der Waals surface area contributed by atoms with Crippen LogP contribution in [0.5, 0.6) is 0 Å². The van der Waals surface area contributed by atoms with Crippen LogP contribution in [0.2, 0.25) is 0 Å². The molecule has 6 rings (SSSR count). The third-order valence-corrected chi connectivity index (χ3v) is 6.71. The summed E-state index contributed by atoms with van der Waals surface area (Å²) in [7, 11) is 0. The molecule has 1 atom stereocenters. The third-order valence-electron chi connectivity index (χ3n) is 6.71. The number of hydrogen-bond acceptors (Lipinski definition) is 5. The third kappa shape index (κ3) is 3.97. The lowest BCUT2D eigenvalue weighted by atomic mass is 10.00. The summed E-state index contributed by atoms with van der Waals surface area (Å²) < 4.78 is 7.75. The van der Waals surface area contributed by atoms with Crippen molar-refractivity contribution in [2.24, 2.45) is 0 Å². The normalized spacial score (nSPS) is 11.9. The van der Waals surface area contributed by atoms with Crippen LogP contribution in [0.4, 0.5) is 0 Å². The molecule has 0 amide bonds. The molecule has 0 unspecified atom stereocenters. The highest BCUT2D eigenvalue weighted by atomic mass is 16.5. The van der Waals surface area contributed by atoms with Crippen molar-refractivity contribution in [2.45, 2.75) is 19.9 Å². The summed E-state index contributed by atoms with van der Waals surface area (Å²) in [4.78, 5) is 9.08. The number of nitrogens with zero attached hydrogens (tertiary/aromatic N) is 5. The highest BCUT2D eigenvalue weighted by molar-refractivity contribution is 5.98. The van der Waals surface area contributed by atoms with Gasteiger partial charge in [0.25, 0.3) is 0 Å². The second-order valence-corrected chi connectivity index (χ2v) is 8.99. The largest absolute Gasteiger partial charge is 0.361 e. The van der Waals surface area contributed by atoms with Crippen molar-refractivity contribution < 1.29 is 4.52 Å². The van der Waals surface area contributed by atoms with E-state index in [9.17, 15) is 5.26 Å². The summed E-state index contributed by atoms with van der Waals surface area (Å²) in [6, 6.07) is 28.5. The number of hydrogen-bond donors (Lipinski definition) is 0. The van der Waals surface area contributed by atoms with E-state index in [-0.39, 0.29) is 6.04 Å². The summed E-state index contributed by atoms with van der Waals surface area (Å²) in [5, 5.41) is 14.5. The Kier molecular flexibility index (Phi) is 5.59. The van der Waals surface area contributed by atoms with Gasteiger partial charge in [0, 0.05) is 40.7 Å².